The summed E-state index contributed by atoms with van der Waals surface area (Å²) in [5.74, 6) is 0.132. The normalized spacial score (nSPS) is 20.8. The molecule has 1 fully saturated rings. The van der Waals surface area contributed by atoms with Crippen LogP contribution in [0.15, 0.2) is 35.7 Å². The van der Waals surface area contributed by atoms with Crippen LogP contribution in [0.4, 0.5) is 5.69 Å². The molecule has 5 heteroatoms. The third-order valence-electron chi connectivity index (χ3n) is 5.03. The van der Waals surface area contributed by atoms with E-state index in [2.05, 4.69) is 35.4 Å². The van der Waals surface area contributed by atoms with Crippen LogP contribution in [0.2, 0.25) is 0 Å². The first kappa shape index (κ1) is 15.7. The monoisotopic (exact) mass is 342 g/mol. The van der Waals surface area contributed by atoms with Gasteiger partial charge in [0, 0.05) is 35.8 Å². The number of nitrogens with zero attached hydrogens (tertiary/aromatic N) is 2. The maximum absolute atomic E-state index is 12.9. The van der Waals surface area contributed by atoms with E-state index < -0.39 is 0 Å². The Kier molecular flexibility index (Phi) is 4.29. The van der Waals surface area contributed by atoms with Gasteiger partial charge in [0.1, 0.15) is 0 Å². The zero-order chi connectivity index (χ0) is 16.5. The lowest BCUT2D eigenvalue weighted by Crippen LogP contribution is -2.38. The lowest BCUT2D eigenvalue weighted by atomic mass is 10.0. The van der Waals surface area contributed by atoms with Crippen molar-refractivity contribution in [2.45, 2.75) is 19.4 Å². The highest BCUT2D eigenvalue weighted by atomic mass is 32.1. The molecule has 0 radical (unpaired) electrons. The largest absolute Gasteiger partial charge is 0.378 e. The van der Waals surface area contributed by atoms with Crippen molar-refractivity contribution in [3.8, 4) is 0 Å². The molecule has 4 rings (SSSR count). The maximum Gasteiger partial charge on any atom is 0.254 e. The quantitative estimate of drug-likeness (QED) is 0.839. The molecule has 3 heterocycles. The molecule has 4 nitrogen and oxygen atoms in total. The molecule has 2 aliphatic heterocycles. The van der Waals surface area contributed by atoms with Crippen LogP contribution in [0, 0.1) is 0 Å². The van der Waals surface area contributed by atoms with E-state index in [9.17, 15) is 4.79 Å². The molecule has 1 atom stereocenters. The molecular formula is C19H22N2O2S. The van der Waals surface area contributed by atoms with Crippen molar-refractivity contribution >= 4 is 22.9 Å². The minimum absolute atomic E-state index is 0.132. The summed E-state index contributed by atoms with van der Waals surface area (Å²) in [6.45, 7) is 6.31. The van der Waals surface area contributed by atoms with Crippen molar-refractivity contribution in [2.75, 3.05) is 37.7 Å². The Hall–Kier alpha value is -1.85. The number of thiophene rings is 1. The summed E-state index contributed by atoms with van der Waals surface area (Å²) < 4.78 is 5.39. The Morgan fingerprint density at radius 3 is 2.62 bits per heavy atom. The van der Waals surface area contributed by atoms with E-state index in [1.54, 1.807) is 11.3 Å². The van der Waals surface area contributed by atoms with E-state index in [4.69, 9.17) is 4.74 Å². The Morgan fingerprint density at radius 2 is 1.88 bits per heavy atom. The number of carbonyl (C=O) groups excluding carboxylic acids is 1. The zero-order valence-corrected chi connectivity index (χ0v) is 14.7. The van der Waals surface area contributed by atoms with E-state index in [1.807, 2.05) is 17.0 Å². The molecule has 2 aromatic rings. The fourth-order valence-electron chi connectivity index (χ4n) is 3.59. The summed E-state index contributed by atoms with van der Waals surface area (Å²) in [4.78, 5) is 18.7. The van der Waals surface area contributed by atoms with Gasteiger partial charge in [-0.3, -0.25) is 4.79 Å². The van der Waals surface area contributed by atoms with Crippen LogP contribution in [0.5, 0.6) is 0 Å². The summed E-state index contributed by atoms with van der Waals surface area (Å²) in [5, 5.41) is 2.13. The first-order valence-electron chi connectivity index (χ1n) is 8.54. The Morgan fingerprint density at radius 1 is 1.12 bits per heavy atom. The van der Waals surface area contributed by atoms with Gasteiger partial charge in [0.2, 0.25) is 0 Å². The molecule has 0 N–H and O–H groups in total. The van der Waals surface area contributed by atoms with Gasteiger partial charge in [0.25, 0.3) is 5.91 Å². The first-order chi connectivity index (χ1) is 11.7. The van der Waals surface area contributed by atoms with Crippen molar-refractivity contribution in [1.82, 2.24) is 4.90 Å². The number of benzene rings is 1. The van der Waals surface area contributed by atoms with Crippen molar-refractivity contribution < 1.29 is 9.53 Å². The first-order valence-corrected chi connectivity index (χ1v) is 9.42. The highest BCUT2D eigenvalue weighted by Gasteiger charge is 2.29. The fraction of sp³-hybridized carbons (Fsp3) is 0.421. The summed E-state index contributed by atoms with van der Waals surface area (Å²) >= 11 is 1.80. The highest BCUT2D eigenvalue weighted by Crippen LogP contribution is 2.33. The molecule has 0 saturated carbocycles. The van der Waals surface area contributed by atoms with Gasteiger partial charge in [0.15, 0.2) is 0 Å². The third-order valence-corrected chi connectivity index (χ3v) is 6.03. The van der Waals surface area contributed by atoms with E-state index in [0.717, 1.165) is 44.8 Å². The van der Waals surface area contributed by atoms with E-state index in [-0.39, 0.29) is 11.9 Å². The Bertz CT molecular complexity index is 719. The second kappa shape index (κ2) is 6.57. The number of carbonyl (C=O) groups is 1. The number of anilines is 1. The standard InChI is InChI=1S/C19H22N2O2S/c1-14-17-7-13-24-18(17)6-8-21(14)19(22)15-2-4-16(5-3-15)20-9-11-23-12-10-20/h2-5,7,13-14H,6,8-12H2,1H3/t14-/m0/s1. The molecule has 1 amide bonds. The van der Waals surface area contributed by atoms with Gasteiger partial charge in [0.05, 0.1) is 19.3 Å². The SMILES string of the molecule is C[C@H]1c2ccsc2CCN1C(=O)c1ccc(N2CCOCC2)cc1. The molecule has 2 aliphatic rings. The van der Waals surface area contributed by atoms with Crippen LogP contribution in [0.1, 0.15) is 33.8 Å². The number of hydrogen-bond donors (Lipinski definition) is 0. The highest BCUT2D eigenvalue weighted by molar-refractivity contribution is 7.10. The van der Waals surface area contributed by atoms with Gasteiger partial charge in [-0.15, -0.1) is 11.3 Å². The van der Waals surface area contributed by atoms with Gasteiger partial charge in [-0.1, -0.05) is 0 Å². The summed E-state index contributed by atoms with van der Waals surface area (Å²) in [7, 11) is 0. The molecule has 1 aromatic carbocycles. The van der Waals surface area contributed by atoms with Gasteiger partial charge in [-0.2, -0.15) is 0 Å². The number of amides is 1. The number of fused-ring (bicyclic) bond motifs is 1. The van der Waals surface area contributed by atoms with Gasteiger partial charge in [-0.25, -0.2) is 0 Å². The van der Waals surface area contributed by atoms with Crippen molar-refractivity contribution in [3.63, 3.8) is 0 Å². The molecule has 0 aliphatic carbocycles. The number of rotatable bonds is 2. The molecule has 0 unspecified atom stereocenters. The van der Waals surface area contributed by atoms with Gasteiger partial charge >= 0.3 is 0 Å². The maximum atomic E-state index is 12.9. The van der Waals surface area contributed by atoms with Crippen molar-refractivity contribution in [3.05, 3.63) is 51.7 Å². The minimum atomic E-state index is 0.132. The second-order valence-electron chi connectivity index (χ2n) is 6.37. The summed E-state index contributed by atoms with van der Waals surface area (Å²) in [6, 6.07) is 10.4. The van der Waals surface area contributed by atoms with E-state index in [1.165, 1.54) is 16.1 Å². The van der Waals surface area contributed by atoms with E-state index in [0.29, 0.717) is 0 Å². The number of hydrogen-bond acceptors (Lipinski definition) is 4. The van der Waals surface area contributed by atoms with Crippen LogP contribution < -0.4 is 4.90 Å². The Balaban J connectivity index is 1.50. The molecule has 24 heavy (non-hydrogen) atoms. The predicted molar refractivity (Wildman–Crippen MR) is 96.9 cm³/mol. The minimum Gasteiger partial charge on any atom is -0.378 e. The number of morpholine rings is 1. The topological polar surface area (TPSA) is 32.8 Å². The molecule has 126 valence electrons. The summed E-state index contributed by atoms with van der Waals surface area (Å²) in [6.07, 6.45) is 0.967. The third kappa shape index (κ3) is 2.82. The van der Waals surface area contributed by atoms with Crippen LogP contribution in [-0.2, 0) is 11.2 Å². The van der Waals surface area contributed by atoms with Gasteiger partial charge in [-0.05, 0) is 54.6 Å². The lowest BCUT2D eigenvalue weighted by Gasteiger charge is -2.34. The smallest absolute Gasteiger partial charge is 0.254 e. The molecule has 1 saturated heterocycles. The lowest BCUT2D eigenvalue weighted by molar-refractivity contribution is 0.0679. The zero-order valence-electron chi connectivity index (χ0n) is 13.9. The Labute approximate surface area is 146 Å². The molecule has 1 aromatic heterocycles. The predicted octanol–water partition coefficient (Wildman–Crippen LogP) is 3.34. The fourth-order valence-corrected chi connectivity index (χ4v) is 4.55. The van der Waals surface area contributed by atoms with E-state index >= 15 is 0 Å². The van der Waals surface area contributed by atoms with Crippen LogP contribution >= 0.6 is 11.3 Å². The molecular weight excluding hydrogens is 320 g/mol. The number of ether oxygens (including phenoxy) is 1. The summed E-state index contributed by atoms with van der Waals surface area (Å²) in [5.41, 5.74) is 3.25. The molecule has 0 spiro atoms. The van der Waals surface area contributed by atoms with Crippen LogP contribution in [-0.4, -0.2) is 43.7 Å². The van der Waals surface area contributed by atoms with Crippen molar-refractivity contribution in [1.29, 1.82) is 0 Å². The average Bonchev–Trinajstić information content (AvgIpc) is 3.12. The van der Waals surface area contributed by atoms with Crippen LogP contribution in [0.25, 0.3) is 0 Å². The van der Waals surface area contributed by atoms with Crippen LogP contribution in [0.3, 0.4) is 0 Å². The van der Waals surface area contributed by atoms with Gasteiger partial charge < -0.3 is 14.5 Å². The molecule has 0 bridgehead atoms. The van der Waals surface area contributed by atoms with Crippen molar-refractivity contribution in [2.24, 2.45) is 0 Å². The second-order valence-corrected chi connectivity index (χ2v) is 7.37. The average molecular weight is 342 g/mol.